The first kappa shape index (κ1) is 25.4. The minimum Gasteiger partial charge on any atom is -0.456 e. The highest BCUT2D eigenvalue weighted by Crippen LogP contribution is 2.38. The molecule has 4 heteroatoms. The first-order valence-electron chi connectivity index (χ1n) is 15.0. The number of rotatable bonds is 4. The van der Waals surface area contributed by atoms with Crippen LogP contribution in [0.1, 0.15) is 0 Å². The largest absolute Gasteiger partial charge is 0.456 e. The Morgan fingerprint density at radius 2 is 0.933 bits per heavy atom. The van der Waals surface area contributed by atoms with Gasteiger partial charge in [0, 0.05) is 27.5 Å². The van der Waals surface area contributed by atoms with Crippen LogP contribution in [0.25, 0.3) is 88.8 Å². The third-order valence-corrected chi connectivity index (χ3v) is 8.50. The Balaban J connectivity index is 1.26. The van der Waals surface area contributed by atoms with Crippen LogP contribution in [0.5, 0.6) is 0 Å². The molecule has 210 valence electrons. The summed E-state index contributed by atoms with van der Waals surface area (Å²) in [7, 11) is 0. The number of aromatic nitrogens is 3. The van der Waals surface area contributed by atoms with Crippen LogP contribution < -0.4 is 0 Å². The summed E-state index contributed by atoms with van der Waals surface area (Å²) in [6.45, 7) is 0. The molecule has 45 heavy (non-hydrogen) atoms. The van der Waals surface area contributed by atoms with Crippen molar-refractivity contribution < 1.29 is 4.42 Å². The first-order valence-corrected chi connectivity index (χ1v) is 15.0. The Hall–Kier alpha value is -6.13. The molecule has 0 saturated carbocycles. The summed E-state index contributed by atoms with van der Waals surface area (Å²) < 4.78 is 6.38. The lowest BCUT2D eigenvalue weighted by molar-refractivity contribution is 0.669. The van der Waals surface area contributed by atoms with Crippen molar-refractivity contribution in [1.82, 2.24) is 15.0 Å². The zero-order valence-corrected chi connectivity index (χ0v) is 24.2. The molecular weight excluding hydrogens is 550 g/mol. The minimum atomic E-state index is 0.608. The summed E-state index contributed by atoms with van der Waals surface area (Å²) in [6, 6.07) is 52.3. The molecule has 0 N–H and O–H groups in total. The van der Waals surface area contributed by atoms with E-state index in [1.807, 2.05) is 18.2 Å². The van der Waals surface area contributed by atoms with Crippen molar-refractivity contribution in [2.24, 2.45) is 0 Å². The molecule has 0 saturated heterocycles. The zero-order chi connectivity index (χ0) is 29.7. The Kier molecular flexibility index (Phi) is 5.78. The second kappa shape index (κ2) is 10.2. The van der Waals surface area contributed by atoms with Gasteiger partial charge in [0.2, 0.25) is 0 Å². The lowest BCUT2D eigenvalue weighted by atomic mass is 10.0. The van der Waals surface area contributed by atoms with E-state index in [1.54, 1.807) is 0 Å². The summed E-state index contributed by atoms with van der Waals surface area (Å²) in [5.74, 6) is 1.86. The van der Waals surface area contributed by atoms with Gasteiger partial charge in [-0.1, -0.05) is 127 Å². The van der Waals surface area contributed by atoms with Gasteiger partial charge >= 0.3 is 0 Å². The maximum Gasteiger partial charge on any atom is 0.164 e. The molecule has 0 bridgehead atoms. The van der Waals surface area contributed by atoms with E-state index in [4.69, 9.17) is 19.4 Å². The predicted octanol–water partition coefficient (Wildman–Crippen LogP) is 10.7. The van der Waals surface area contributed by atoms with Gasteiger partial charge in [-0.15, -0.1) is 0 Å². The Morgan fingerprint density at radius 1 is 0.356 bits per heavy atom. The molecular formula is C41H25N3O. The fraction of sp³-hybridized carbons (Fsp3) is 0. The molecule has 0 radical (unpaired) electrons. The highest BCUT2D eigenvalue weighted by molar-refractivity contribution is 6.15. The maximum absolute atomic E-state index is 6.38. The summed E-state index contributed by atoms with van der Waals surface area (Å²) >= 11 is 0. The number of nitrogens with zero attached hydrogens (tertiary/aromatic N) is 3. The first-order chi connectivity index (χ1) is 22.3. The number of furan rings is 1. The van der Waals surface area contributed by atoms with Gasteiger partial charge in [0.15, 0.2) is 17.5 Å². The average Bonchev–Trinajstić information content (AvgIpc) is 3.48. The van der Waals surface area contributed by atoms with E-state index in [2.05, 4.69) is 133 Å². The van der Waals surface area contributed by atoms with Crippen LogP contribution in [0.3, 0.4) is 0 Å². The van der Waals surface area contributed by atoms with E-state index in [1.165, 1.54) is 10.9 Å². The van der Waals surface area contributed by atoms with Crippen LogP contribution in [-0.2, 0) is 0 Å². The quantitative estimate of drug-likeness (QED) is 0.209. The van der Waals surface area contributed by atoms with Crippen molar-refractivity contribution in [3.63, 3.8) is 0 Å². The molecule has 0 aliphatic carbocycles. The standard InChI is InChI=1S/C41H25N3O/c1-2-9-26(10-3-1)28-17-20-29(21-18-28)39-42-40(33-22-19-27-11-4-5-12-30(27)23-33)44-41(43-39)34-15-8-16-36-38(34)35-24-31-13-6-7-14-32(31)25-37(35)45-36/h1-25H. The number of hydrogen-bond acceptors (Lipinski definition) is 4. The molecule has 2 aromatic heterocycles. The van der Waals surface area contributed by atoms with Crippen molar-refractivity contribution in [2.75, 3.05) is 0 Å². The Labute approximate surface area is 259 Å². The van der Waals surface area contributed by atoms with Gasteiger partial charge in [-0.05, 0) is 56.9 Å². The molecule has 0 spiro atoms. The van der Waals surface area contributed by atoms with Crippen LogP contribution in [0.4, 0.5) is 0 Å². The molecule has 0 aliphatic rings. The third kappa shape index (κ3) is 4.43. The molecule has 0 atom stereocenters. The number of hydrogen-bond donors (Lipinski definition) is 0. The molecule has 0 fully saturated rings. The normalized spacial score (nSPS) is 11.6. The summed E-state index contributed by atoms with van der Waals surface area (Å²) in [6.07, 6.45) is 0. The minimum absolute atomic E-state index is 0.608. The highest BCUT2D eigenvalue weighted by atomic mass is 16.3. The van der Waals surface area contributed by atoms with Gasteiger partial charge in [-0.3, -0.25) is 0 Å². The SMILES string of the molecule is c1ccc(-c2ccc(-c3nc(-c4ccc5ccccc5c4)nc(-c4cccc5oc6cc7ccccc7cc6c45)n3)cc2)cc1. The highest BCUT2D eigenvalue weighted by Gasteiger charge is 2.18. The molecule has 0 amide bonds. The summed E-state index contributed by atoms with van der Waals surface area (Å²) in [4.78, 5) is 15.2. The van der Waals surface area contributed by atoms with Crippen LogP contribution >= 0.6 is 0 Å². The van der Waals surface area contributed by atoms with Gasteiger partial charge in [0.25, 0.3) is 0 Å². The van der Waals surface area contributed by atoms with Crippen molar-refractivity contribution in [2.45, 2.75) is 0 Å². The average molecular weight is 576 g/mol. The molecule has 0 aliphatic heterocycles. The lowest BCUT2D eigenvalue weighted by Gasteiger charge is -2.10. The zero-order valence-electron chi connectivity index (χ0n) is 24.2. The molecule has 4 nitrogen and oxygen atoms in total. The Bertz CT molecular complexity index is 2530. The number of fused-ring (bicyclic) bond motifs is 5. The fourth-order valence-corrected chi connectivity index (χ4v) is 6.22. The molecule has 9 aromatic rings. The van der Waals surface area contributed by atoms with Crippen molar-refractivity contribution in [1.29, 1.82) is 0 Å². The van der Waals surface area contributed by atoms with Crippen LogP contribution in [0.15, 0.2) is 156 Å². The molecule has 9 rings (SSSR count). The predicted molar refractivity (Wildman–Crippen MR) is 184 cm³/mol. The van der Waals surface area contributed by atoms with Gasteiger partial charge < -0.3 is 4.42 Å². The summed E-state index contributed by atoms with van der Waals surface area (Å²) in [5.41, 5.74) is 6.74. The van der Waals surface area contributed by atoms with E-state index in [-0.39, 0.29) is 0 Å². The van der Waals surface area contributed by atoms with E-state index in [0.29, 0.717) is 17.5 Å². The van der Waals surface area contributed by atoms with Gasteiger partial charge in [0.1, 0.15) is 11.2 Å². The third-order valence-electron chi connectivity index (χ3n) is 8.50. The monoisotopic (exact) mass is 575 g/mol. The smallest absolute Gasteiger partial charge is 0.164 e. The number of benzene rings is 7. The van der Waals surface area contributed by atoms with Gasteiger partial charge in [0.05, 0.1) is 0 Å². The van der Waals surface area contributed by atoms with Crippen LogP contribution in [-0.4, -0.2) is 15.0 Å². The van der Waals surface area contributed by atoms with E-state index in [0.717, 1.165) is 60.4 Å². The van der Waals surface area contributed by atoms with Gasteiger partial charge in [-0.25, -0.2) is 15.0 Å². The molecule has 0 unspecified atom stereocenters. The van der Waals surface area contributed by atoms with Gasteiger partial charge in [-0.2, -0.15) is 0 Å². The lowest BCUT2D eigenvalue weighted by Crippen LogP contribution is -2.00. The van der Waals surface area contributed by atoms with Crippen molar-refractivity contribution >= 4 is 43.5 Å². The van der Waals surface area contributed by atoms with Crippen molar-refractivity contribution in [3.05, 3.63) is 152 Å². The van der Waals surface area contributed by atoms with Crippen LogP contribution in [0, 0.1) is 0 Å². The van der Waals surface area contributed by atoms with E-state index >= 15 is 0 Å². The second-order valence-electron chi connectivity index (χ2n) is 11.3. The molecule has 7 aromatic carbocycles. The van der Waals surface area contributed by atoms with Crippen molar-refractivity contribution in [3.8, 4) is 45.3 Å². The Morgan fingerprint density at radius 3 is 1.71 bits per heavy atom. The fourth-order valence-electron chi connectivity index (χ4n) is 6.22. The maximum atomic E-state index is 6.38. The topological polar surface area (TPSA) is 51.8 Å². The van der Waals surface area contributed by atoms with E-state index in [9.17, 15) is 0 Å². The summed E-state index contributed by atoms with van der Waals surface area (Å²) in [5, 5.41) is 6.66. The van der Waals surface area contributed by atoms with E-state index < -0.39 is 0 Å². The molecule has 2 heterocycles. The second-order valence-corrected chi connectivity index (χ2v) is 11.3. The van der Waals surface area contributed by atoms with Crippen LogP contribution in [0.2, 0.25) is 0 Å².